The Hall–Kier alpha value is -1.73. The maximum Gasteiger partial charge on any atom is 0.226 e. The zero-order valence-corrected chi connectivity index (χ0v) is 11.9. The molecular weight excluding hydrogens is 278 g/mol. The fourth-order valence-electron chi connectivity index (χ4n) is 2.10. The summed E-state index contributed by atoms with van der Waals surface area (Å²) in [5, 5.41) is 9.87. The molecule has 1 amide bonds. The molecule has 1 atom stereocenters. The highest BCUT2D eigenvalue weighted by Crippen LogP contribution is 2.31. The van der Waals surface area contributed by atoms with Crippen molar-refractivity contribution < 1.29 is 13.9 Å². The van der Waals surface area contributed by atoms with Gasteiger partial charge in [0.1, 0.15) is 10.8 Å². The molecule has 6 nitrogen and oxygen atoms in total. The van der Waals surface area contributed by atoms with Gasteiger partial charge in [0.25, 0.3) is 0 Å². The van der Waals surface area contributed by atoms with E-state index in [0.717, 1.165) is 23.8 Å². The maximum atomic E-state index is 11.8. The summed E-state index contributed by atoms with van der Waals surface area (Å²) in [6, 6.07) is 3.64. The first-order chi connectivity index (χ1) is 9.74. The van der Waals surface area contributed by atoms with Crippen molar-refractivity contribution in [3.05, 3.63) is 29.2 Å². The molecule has 0 saturated carbocycles. The minimum atomic E-state index is -0.0771. The molecule has 1 saturated heterocycles. The predicted octanol–water partition coefficient (Wildman–Crippen LogP) is 2.19. The Morgan fingerprint density at radius 2 is 2.45 bits per heavy atom. The highest BCUT2D eigenvalue weighted by Gasteiger charge is 2.24. The molecule has 0 aliphatic carbocycles. The van der Waals surface area contributed by atoms with Gasteiger partial charge in [0.05, 0.1) is 19.4 Å². The Morgan fingerprint density at radius 1 is 1.55 bits per heavy atom. The van der Waals surface area contributed by atoms with Gasteiger partial charge in [-0.05, 0) is 18.6 Å². The molecule has 2 aromatic rings. The quantitative estimate of drug-likeness (QED) is 0.864. The van der Waals surface area contributed by atoms with Gasteiger partial charge in [-0.15, -0.1) is 10.2 Å². The second-order valence-corrected chi connectivity index (χ2v) is 5.66. The zero-order valence-electron chi connectivity index (χ0n) is 11.1. The third-order valence-corrected chi connectivity index (χ3v) is 4.32. The second-order valence-electron chi connectivity index (χ2n) is 4.67. The number of hydrogen-bond acceptors (Lipinski definition) is 6. The summed E-state index contributed by atoms with van der Waals surface area (Å²) in [5.41, 5.74) is 0. The van der Waals surface area contributed by atoms with E-state index in [2.05, 4.69) is 10.2 Å². The Bertz CT molecular complexity index is 575. The molecule has 2 aromatic heterocycles. The molecule has 1 fully saturated rings. The molecule has 106 valence electrons. The Labute approximate surface area is 120 Å². The monoisotopic (exact) mass is 293 g/mol. The summed E-state index contributed by atoms with van der Waals surface area (Å²) < 4.78 is 10.6. The molecule has 0 N–H and O–H groups in total. The van der Waals surface area contributed by atoms with Gasteiger partial charge in [-0.25, -0.2) is 0 Å². The van der Waals surface area contributed by atoms with Crippen LogP contribution in [0.2, 0.25) is 0 Å². The van der Waals surface area contributed by atoms with Gasteiger partial charge in [0, 0.05) is 19.4 Å². The van der Waals surface area contributed by atoms with E-state index in [1.807, 2.05) is 6.07 Å². The van der Waals surface area contributed by atoms with E-state index in [1.165, 1.54) is 18.3 Å². The average Bonchev–Trinajstić information content (AvgIpc) is 3.16. The molecule has 0 radical (unpaired) electrons. The van der Waals surface area contributed by atoms with E-state index in [0.29, 0.717) is 24.2 Å². The van der Waals surface area contributed by atoms with Crippen LogP contribution < -0.4 is 4.90 Å². The number of rotatable bonds is 4. The van der Waals surface area contributed by atoms with Crippen molar-refractivity contribution in [3.63, 3.8) is 0 Å². The van der Waals surface area contributed by atoms with Crippen LogP contribution in [-0.4, -0.2) is 29.3 Å². The van der Waals surface area contributed by atoms with Crippen molar-refractivity contribution in [1.82, 2.24) is 10.2 Å². The lowest BCUT2D eigenvalue weighted by Crippen LogP contribution is -2.27. The van der Waals surface area contributed by atoms with E-state index in [1.54, 1.807) is 17.2 Å². The highest BCUT2D eigenvalue weighted by atomic mass is 32.1. The molecular formula is C13H15N3O3S. The molecule has 20 heavy (non-hydrogen) atoms. The summed E-state index contributed by atoms with van der Waals surface area (Å²) in [4.78, 5) is 13.4. The second kappa shape index (κ2) is 5.72. The van der Waals surface area contributed by atoms with Crippen LogP contribution >= 0.6 is 11.3 Å². The first-order valence-electron chi connectivity index (χ1n) is 6.45. The minimum Gasteiger partial charge on any atom is -0.467 e. The first-order valence-corrected chi connectivity index (χ1v) is 7.27. The highest BCUT2D eigenvalue weighted by molar-refractivity contribution is 7.15. The van der Waals surface area contributed by atoms with Gasteiger partial charge in [0.15, 0.2) is 0 Å². The van der Waals surface area contributed by atoms with Gasteiger partial charge in [0.2, 0.25) is 11.0 Å². The smallest absolute Gasteiger partial charge is 0.226 e. The lowest BCUT2D eigenvalue weighted by Gasteiger charge is -2.15. The van der Waals surface area contributed by atoms with Crippen molar-refractivity contribution in [2.75, 3.05) is 18.1 Å². The predicted molar refractivity (Wildman–Crippen MR) is 73.7 cm³/mol. The van der Waals surface area contributed by atoms with Crippen LogP contribution in [0, 0.1) is 0 Å². The van der Waals surface area contributed by atoms with Crippen molar-refractivity contribution in [2.24, 2.45) is 0 Å². The molecule has 0 spiro atoms. The van der Waals surface area contributed by atoms with E-state index in [-0.39, 0.29) is 5.91 Å². The van der Waals surface area contributed by atoms with Gasteiger partial charge in [-0.3, -0.25) is 9.69 Å². The summed E-state index contributed by atoms with van der Waals surface area (Å²) in [7, 11) is 0. The third kappa shape index (κ3) is 2.73. The number of carbonyl (C=O) groups is 1. The molecule has 1 aliphatic rings. The number of anilines is 1. The van der Waals surface area contributed by atoms with Crippen LogP contribution in [0.5, 0.6) is 0 Å². The largest absolute Gasteiger partial charge is 0.467 e. The van der Waals surface area contributed by atoms with Crippen LogP contribution in [0.25, 0.3) is 0 Å². The van der Waals surface area contributed by atoms with E-state index in [4.69, 9.17) is 9.15 Å². The first kappa shape index (κ1) is 13.3. The number of ether oxygens (including phenoxy) is 1. The van der Waals surface area contributed by atoms with Crippen LogP contribution in [0.4, 0.5) is 5.13 Å². The number of furan rings is 1. The van der Waals surface area contributed by atoms with Crippen molar-refractivity contribution in [3.8, 4) is 0 Å². The molecule has 7 heteroatoms. The topological polar surface area (TPSA) is 68.5 Å². The van der Waals surface area contributed by atoms with Crippen molar-refractivity contribution >= 4 is 22.4 Å². The number of aromatic nitrogens is 2. The van der Waals surface area contributed by atoms with E-state index in [9.17, 15) is 4.79 Å². The van der Waals surface area contributed by atoms with Gasteiger partial charge >= 0.3 is 0 Å². The van der Waals surface area contributed by atoms with Gasteiger partial charge in [-0.2, -0.15) is 0 Å². The molecule has 0 aromatic carbocycles. The third-order valence-electron chi connectivity index (χ3n) is 3.21. The fraction of sp³-hybridized carbons (Fsp3) is 0.462. The van der Waals surface area contributed by atoms with Gasteiger partial charge < -0.3 is 9.15 Å². The molecule has 1 unspecified atom stereocenters. The number of hydrogen-bond donors (Lipinski definition) is 0. The number of carbonyl (C=O) groups excluding carboxylic acids is 1. The molecule has 1 aliphatic heterocycles. The minimum absolute atomic E-state index is 0.0771. The summed E-state index contributed by atoms with van der Waals surface area (Å²) >= 11 is 1.45. The van der Waals surface area contributed by atoms with E-state index >= 15 is 0 Å². The number of nitrogens with zero attached hydrogens (tertiary/aromatic N) is 3. The normalized spacial score (nSPS) is 18.4. The molecule has 0 bridgehead atoms. The summed E-state index contributed by atoms with van der Waals surface area (Å²) in [6.45, 7) is 3.34. The summed E-state index contributed by atoms with van der Waals surface area (Å²) in [5.74, 6) is 0.951. The Kier molecular flexibility index (Phi) is 3.79. The van der Waals surface area contributed by atoms with Crippen molar-refractivity contribution in [1.29, 1.82) is 0 Å². The standard InChI is InChI=1S/C13H15N3O3S/c1-9(17)16(7-11-3-2-5-19-11)13-15-14-12(20-13)10-4-6-18-8-10/h2-3,5,10H,4,6-8H2,1H3. The fourth-order valence-corrected chi connectivity index (χ4v) is 3.11. The summed E-state index contributed by atoms with van der Waals surface area (Å²) in [6.07, 6.45) is 2.56. The Morgan fingerprint density at radius 3 is 3.10 bits per heavy atom. The zero-order chi connectivity index (χ0) is 13.9. The Balaban J connectivity index is 1.78. The maximum absolute atomic E-state index is 11.8. The molecule has 3 heterocycles. The lowest BCUT2D eigenvalue weighted by molar-refractivity contribution is -0.116. The van der Waals surface area contributed by atoms with Crippen molar-refractivity contribution in [2.45, 2.75) is 25.8 Å². The van der Waals surface area contributed by atoms with Gasteiger partial charge in [-0.1, -0.05) is 11.3 Å². The SMILES string of the molecule is CC(=O)N(Cc1ccco1)c1nnc(C2CCOC2)s1. The van der Waals surface area contributed by atoms with Crippen LogP contribution in [0.3, 0.4) is 0 Å². The van der Waals surface area contributed by atoms with Crippen LogP contribution in [0.1, 0.15) is 30.0 Å². The van der Waals surface area contributed by atoms with E-state index < -0.39 is 0 Å². The number of amides is 1. The van der Waals surface area contributed by atoms with Crippen LogP contribution in [0.15, 0.2) is 22.8 Å². The lowest BCUT2D eigenvalue weighted by atomic mass is 10.1. The molecule has 3 rings (SSSR count). The average molecular weight is 293 g/mol. The van der Waals surface area contributed by atoms with Crippen LogP contribution in [-0.2, 0) is 16.1 Å².